The first kappa shape index (κ1) is 18.9. The fourth-order valence-corrected chi connectivity index (χ4v) is 4.54. The van der Waals surface area contributed by atoms with Crippen molar-refractivity contribution in [3.05, 3.63) is 55.6 Å². The van der Waals surface area contributed by atoms with E-state index in [0.717, 1.165) is 0 Å². The number of nitrogens with one attached hydrogen (secondary N) is 2. The van der Waals surface area contributed by atoms with Crippen LogP contribution in [0.4, 0.5) is 0 Å². The maximum Gasteiger partial charge on any atom is 0.501 e. The topological polar surface area (TPSA) is 84.2 Å². The normalized spacial score (nSPS) is 12.0. The summed E-state index contributed by atoms with van der Waals surface area (Å²) in [6.45, 7) is 0. The van der Waals surface area contributed by atoms with E-state index in [2.05, 4.69) is 41.8 Å². The zero-order valence-corrected chi connectivity index (χ0v) is 18.5. The summed E-state index contributed by atoms with van der Waals surface area (Å²) < 4.78 is 36.4. The average Bonchev–Trinajstić information content (AvgIpc) is 3.19. The monoisotopic (exact) mass is 552 g/mol. The molecule has 2 heterocycles. The minimum atomic E-state index is -4.46. The van der Waals surface area contributed by atoms with E-state index in [9.17, 15) is 8.42 Å². The molecule has 0 saturated carbocycles. The molecule has 4 rings (SSSR count). The summed E-state index contributed by atoms with van der Waals surface area (Å²) in [5.41, 5.74) is 1.24. The van der Waals surface area contributed by atoms with Crippen molar-refractivity contribution >= 4 is 87.3 Å². The van der Waals surface area contributed by atoms with Crippen molar-refractivity contribution < 1.29 is 16.8 Å². The Labute approximate surface area is 180 Å². The van der Waals surface area contributed by atoms with E-state index in [1.165, 1.54) is 12.4 Å². The van der Waals surface area contributed by atoms with E-state index in [0.29, 0.717) is 40.8 Å². The zero-order valence-electron chi connectivity index (χ0n) is 13.0. The number of hydrogen-bond donors (Lipinski definition) is 2. The van der Waals surface area contributed by atoms with Gasteiger partial charge in [-0.25, -0.2) is 0 Å². The third kappa shape index (κ3) is 3.42. The molecule has 2 aromatic carbocycles. The molecule has 0 fully saturated rings. The molecule has 0 aliphatic rings. The molecule has 0 spiro atoms. The number of aromatic amines is 2. The molecule has 0 unspecified atom stereocenters. The van der Waals surface area contributed by atoms with Gasteiger partial charge in [-0.05, 0) is 56.1 Å². The van der Waals surface area contributed by atoms with Crippen molar-refractivity contribution in [2.75, 3.05) is 0 Å². The summed E-state index contributed by atoms with van der Waals surface area (Å²) >= 11 is 19.1. The fourth-order valence-electron chi connectivity index (χ4n) is 2.62. The van der Waals surface area contributed by atoms with Gasteiger partial charge < -0.3 is 18.3 Å². The smallest absolute Gasteiger partial charge is 0.358 e. The number of H-pyrrole nitrogens is 2. The van der Waals surface area contributed by atoms with Crippen molar-refractivity contribution in [2.24, 2.45) is 0 Å². The van der Waals surface area contributed by atoms with E-state index < -0.39 is 10.4 Å². The summed E-state index contributed by atoms with van der Waals surface area (Å²) in [7, 11) is -4.46. The molecule has 0 saturated heterocycles. The Balaban J connectivity index is 1.72. The highest BCUT2D eigenvalue weighted by atomic mass is 79.9. The van der Waals surface area contributed by atoms with Crippen molar-refractivity contribution in [3.63, 3.8) is 0 Å². The molecular weight excluding hydrogens is 547 g/mol. The van der Waals surface area contributed by atoms with Gasteiger partial charge in [0.05, 0.1) is 31.9 Å². The van der Waals surface area contributed by atoms with Gasteiger partial charge >= 0.3 is 10.4 Å². The van der Waals surface area contributed by atoms with Crippen LogP contribution in [-0.2, 0) is 10.4 Å². The van der Waals surface area contributed by atoms with Crippen LogP contribution in [0.5, 0.6) is 11.5 Å². The Bertz CT molecular complexity index is 1210. The van der Waals surface area contributed by atoms with E-state index in [4.69, 9.17) is 31.6 Å². The van der Waals surface area contributed by atoms with Crippen LogP contribution < -0.4 is 8.37 Å². The quantitative estimate of drug-likeness (QED) is 0.315. The Kier molecular flexibility index (Phi) is 4.84. The highest BCUT2D eigenvalue weighted by molar-refractivity contribution is 9.10. The lowest BCUT2D eigenvalue weighted by Gasteiger charge is -2.08. The van der Waals surface area contributed by atoms with Crippen LogP contribution in [0.3, 0.4) is 0 Å². The van der Waals surface area contributed by atoms with Gasteiger partial charge in [0.25, 0.3) is 0 Å². The molecule has 2 N–H and O–H groups in total. The summed E-state index contributed by atoms with van der Waals surface area (Å²) in [6.07, 6.45) is 2.78. The highest BCUT2D eigenvalue weighted by Crippen LogP contribution is 2.39. The third-order valence-corrected chi connectivity index (χ3v) is 7.11. The van der Waals surface area contributed by atoms with Crippen LogP contribution in [0, 0.1) is 0 Å². The first-order valence-electron chi connectivity index (χ1n) is 7.31. The molecule has 0 aliphatic carbocycles. The molecule has 2 aromatic heterocycles. The number of benzene rings is 2. The van der Waals surface area contributed by atoms with Crippen LogP contribution in [0.25, 0.3) is 21.8 Å². The van der Waals surface area contributed by atoms with Gasteiger partial charge in [-0.3, -0.25) is 0 Å². The summed E-state index contributed by atoms with van der Waals surface area (Å²) in [6, 6.07) is 6.95. The first-order valence-corrected chi connectivity index (χ1v) is 11.0. The largest absolute Gasteiger partial charge is 0.501 e. The van der Waals surface area contributed by atoms with Crippen LogP contribution in [0.15, 0.2) is 45.6 Å². The van der Waals surface area contributed by atoms with Crippen LogP contribution >= 0.6 is 55.1 Å². The summed E-state index contributed by atoms with van der Waals surface area (Å²) in [5.74, 6) is 0.0341. The van der Waals surface area contributed by atoms with Gasteiger partial charge in [0.15, 0.2) is 11.5 Å². The SMILES string of the molecule is O=S(=O)(Oc1c[nH]c2ccc(Br)c(Cl)c12)Oc1c[nH]c2ccc(Br)c(Cl)c12. The van der Waals surface area contributed by atoms with Crippen molar-refractivity contribution in [1.29, 1.82) is 0 Å². The molecular formula is C16H8Br2Cl2N2O4S. The number of fused-ring (bicyclic) bond motifs is 2. The lowest BCUT2D eigenvalue weighted by molar-refractivity contribution is 0.395. The Morgan fingerprint density at radius 1 is 0.778 bits per heavy atom. The minimum absolute atomic E-state index is 0.0171. The van der Waals surface area contributed by atoms with Gasteiger partial charge in [-0.15, -0.1) is 8.42 Å². The molecule has 4 aromatic rings. The van der Waals surface area contributed by atoms with Crippen LogP contribution in [0.2, 0.25) is 10.0 Å². The predicted octanol–water partition coefficient (Wildman–Crippen LogP) is 6.18. The van der Waals surface area contributed by atoms with E-state index in [1.54, 1.807) is 24.3 Å². The highest BCUT2D eigenvalue weighted by Gasteiger charge is 2.23. The van der Waals surface area contributed by atoms with Crippen molar-refractivity contribution in [2.45, 2.75) is 0 Å². The van der Waals surface area contributed by atoms with E-state index in [1.807, 2.05) is 0 Å². The zero-order chi connectivity index (χ0) is 19.3. The lowest BCUT2D eigenvalue weighted by Crippen LogP contribution is -2.16. The van der Waals surface area contributed by atoms with Gasteiger partial charge in [-0.1, -0.05) is 23.2 Å². The van der Waals surface area contributed by atoms with Gasteiger partial charge in [0.1, 0.15) is 0 Å². The number of rotatable bonds is 4. The molecule has 0 atom stereocenters. The second-order valence-corrected chi connectivity index (χ2v) is 9.06. The predicted molar refractivity (Wildman–Crippen MR) is 112 cm³/mol. The Morgan fingerprint density at radius 2 is 1.19 bits per heavy atom. The molecule has 11 heteroatoms. The standard InChI is InChI=1S/C16H8Br2Cl2N2O4S/c17-7-1-3-9-13(15(7)19)11(5-21-9)25-27(23,24)26-12-6-22-10-4-2-8(18)16(20)14(10)12/h1-6,21-22H. The van der Waals surface area contributed by atoms with Crippen LogP contribution in [0.1, 0.15) is 0 Å². The maximum absolute atomic E-state index is 12.5. The molecule has 140 valence electrons. The number of hydrogen-bond acceptors (Lipinski definition) is 4. The molecule has 0 amide bonds. The van der Waals surface area contributed by atoms with Crippen LogP contribution in [-0.4, -0.2) is 18.4 Å². The lowest BCUT2D eigenvalue weighted by atomic mass is 10.2. The molecule has 6 nitrogen and oxygen atoms in total. The fraction of sp³-hybridized carbons (Fsp3) is 0. The second-order valence-electron chi connectivity index (χ2n) is 5.45. The second kappa shape index (κ2) is 6.89. The van der Waals surface area contributed by atoms with Crippen molar-refractivity contribution in [1.82, 2.24) is 9.97 Å². The van der Waals surface area contributed by atoms with Gasteiger partial charge in [0.2, 0.25) is 0 Å². The average molecular weight is 555 g/mol. The molecule has 0 bridgehead atoms. The minimum Gasteiger partial charge on any atom is -0.358 e. The Hall–Kier alpha value is -1.39. The number of aromatic nitrogens is 2. The summed E-state index contributed by atoms with van der Waals surface area (Å²) in [5, 5.41) is 1.46. The van der Waals surface area contributed by atoms with Gasteiger partial charge in [-0.2, -0.15) is 0 Å². The molecule has 0 aliphatic heterocycles. The van der Waals surface area contributed by atoms with Crippen molar-refractivity contribution in [3.8, 4) is 11.5 Å². The number of halogens is 4. The molecule has 27 heavy (non-hydrogen) atoms. The summed E-state index contributed by atoms with van der Waals surface area (Å²) in [4.78, 5) is 5.80. The Morgan fingerprint density at radius 3 is 1.59 bits per heavy atom. The van der Waals surface area contributed by atoms with E-state index >= 15 is 0 Å². The van der Waals surface area contributed by atoms with Gasteiger partial charge in [0, 0.05) is 21.3 Å². The maximum atomic E-state index is 12.5. The van der Waals surface area contributed by atoms with E-state index in [-0.39, 0.29) is 11.5 Å². The first-order chi connectivity index (χ1) is 12.8. The molecule has 0 radical (unpaired) electrons. The third-order valence-electron chi connectivity index (χ3n) is 3.78.